The van der Waals surface area contributed by atoms with Gasteiger partial charge in [0.1, 0.15) is 0 Å². The van der Waals surface area contributed by atoms with E-state index in [2.05, 4.69) is 32.2 Å². The van der Waals surface area contributed by atoms with Crippen molar-refractivity contribution in [2.75, 3.05) is 53.4 Å². The number of halogens is 1. The summed E-state index contributed by atoms with van der Waals surface area (Å²) in [5, 5.41) is 17.7. The molecule has 11 heteroatoms. The van der Waals surface area contributed by atoms with E-state index in [1.165, 1.54) is 0 Å². The SMILES string of the molecule is CCCSNc1cccc(-c2nc(N3CCNCC3)sc2-c2ccnc(NCC(C)O)n2)c1Cl. The van der Waals surface area contributed by atoms with Crippen LogP contribution in [0.25, 0.3) is 21.8 Å². The van der Waals surface area contributed by atoms with E-state index in [-0.39, 0.29) is 0 Å². The Labute approximate surface area is 213 Å². The number of benzene rings is 1. The van der Waals surface area contributed by atoms with E-state index in [0.717, 1.165) is 71.0 Å². The fourth-order valence-electron chi connectivity index (χ4n) is 3.49. The highest BCUT2D eigenvalue weighted by Crippen LogP contribution is 2.44. The van der Waals surface area contributed by atoms with Crippen LogP contribution in [-0.2, 0) is 0 Å². The maximum Gasteiger partial charge on any atom is 0.223 e. The Balaban J connectivity index is 1.74. The van der Waals surface area contributed by atoms with Crippen LogP contribution in [0.15, 0.2) is 30.5 Å². The molecule has 1 aliphatic heterocycles. The summed E-state index contributed by atoms with van der Waals surface area (Å²) < 4.78 is 3.37. The van der Waals surface area contributed by atoms with Crippen LogP contribution in [0, 0.1) is 0 Å². The molecule has 0 amide bonds. The second-order valence-corrected chi connectivity index (χ2v) is 10.3. The number of aliphatic hydroxyl groups is 1. The summed E-state index contributed by atoms with van der Waals surface area (Å²) >= 11 is 10.1. The molecule has 1 aliphatic rings. The molecule has 34 heavy (non-hydrogen) atoms. The molecular weight excluding hydrogens is 490 g/mol. The van der Waals surface area contributed by atoms with Crippen LogP contribution >= 0.6 is 34.9 Å². The molecule has 1 aromatic carbocycles. The number of aromatic nitrogens is 3. The van der Waals surface area contributed by atoms with Crippen molar-refractivity contribution in [1.82, 2.24) is 20.3 Å². The number of nitrogens with zero attached hydrogens (tertiary/aromatic N) is 4. The first-order chi connectivity index (χ1) is 16.6. The molecule has 1 unspecified atom stereocenters. The zero-order valence-corrected chi connectivity index (χ0v) is 21.7. The molecule has 3 aromatic rings. The van der Waals surface area contributed by atoms with Crippen LogP contribution in [0.2, 0.25) is 5.02 Å². The molecule has 182 valence electrons. The van der Waals surface area contributed by atoms with Crippen molar-refractivity contribution in [3.63, 3.8) is 0 Å². The summed E-state index contributed by atoms with van der Waals surface area (Å²) in [5.74, 6) is 1.47. The van der Waals surface area contributed by atoms with E-state index in [1.54, 1.807) is 36.4 Å². The van der Waals surface area contributed by atoms with Gasteiger partial charge in [0.2, 0.25) is 5.95 Å². The summed E-state index contributed by atoms with van der Waals surface area (Å²) in [6.45, 7) is 7.92. The summed E-state index contributed by atoms with van der Waals surface area (Å²) in [7, 11) is 0. The number of hydrogen-bond donors (Lipinski definition) is 4. The predicted octanol–water partition coefficient (Wildman–Crippen LogP) is 4.59. The van der Waals surface area contributed by atoms with Gasteiger partial charge in [0.25, 0.3) is 0 Å². The van der Waals surface area contributed by atoms with Crippen molar-refractivity contribution in [3.05, 3.63) is 35.5 Å². The molecule has 4 N–H and O–H groups in total. The summed E-state index contributed by atoms with van der Waals surface area (Å²) in [6.07, 6.45) is 2.31. The van der Waals surface area contributed by atoms with Crippen LogP contribution in [-0.4, -0.2) is 64.6 Å². The van der Waals surface area contributed by atoms with E-state index in [4.69, 9.17) is 21.6 Å². The van der Waals surface area contributed by atoms with Gasteiger partial charge in [-0.15, -0.1) is 0 Å². The van der Waals surface area contributed by atoms with E-state index in [9.17, 15) is 5.11 Å². The normalized spacial score (nSPS) is 14.8. The molecule has 0 saturated carbocycles. The lowest BCUT2D eigenvalue weighted by molar-refractivity contribution is 0.208. The van der Waals surface area contributed by atoms with Gasteiger partial charge >= 0.3 is 0 Å². The first-order valence-electron chi connectivity index (χ1n) is 11.4. The number of aliphatic hydroxyl groups excluding tert-OH is 1. The second-order valence-electron chi connectivity index (χ2n) is 8.02. The molecule has 0 bridgehead atoms. The molecule has 1 atom stereocenters. The molecule has 1 fully saturated rings. The molecule has 2 aromatic heterocycles. The zero-order chi connectivity index (χ0) is 23.9. The Kier molecular flexibility index (Phi) is 8.85. The van der Waals surface area contributed by atoms with Crippen LogP contribution in [0.1, 0.15) is 20.3 Å². The highest BCUT2D eigenvalue weighted by molar-refractivity contribution is 8.00. The van der Waals surface area contributed by atoms with Crippen LogP contribution in [0.4, 0.5) is 16.8 Å². The third kappa shape index (κ3) is 6.11. The number of thiazole rings is 1. The average Bonchev–Trinajstić information content (AvgIpc) is 3.30. The lowest BCUT2D eigenvalue weighted by Gasteiger charge is -2.26. The maximum absolute atomic E-state index is 9.62. The van der Waals surface area contributed by atoms with Gasteiger partial charge in [-0.05, 0) is 25.5 Å². The van der Waals surface area contributed by atoms with Crippen molar-refractivity contribution in [2.45, 2.75) is 26.4 Å². The topological polar surface area (TPSA) is 98.2 Å². The molecule has 1 saturated heterocycles. The fraction of sp³-hybridized carbons (Fsp3) is 0.435. The summed E-state index contributed by atoms with van der Waals surface area (Å²) in [6, 6.07) is 7.88. The third-order valence-corrected chi connectivity index (χ3v) is 7.71. The van der Waals surface area contributed by atoms with E-state index < -0.39 is 6.10 Å². The monoisotopic (exact) mass is 519 g/mol. The zero-order valence-electron chi connectivity index (χ0n) is 19.3. The smallest absolute Gasteiger partial charge is 0.223 e. The number of anilines is 3. The number of piperazine rings is 1. The van der Waals surface area contributed by atoms with E-state index in [1.807, 2.05) is 24.3 Å². The highest BCUT2D eigenvalue weighted by Gasteiger charge is 2.23. The summed E-state index contributed by atoms with van der Waals surface area (Å²) in [4.78, 5) is 17.3. The molecule has 8 nitrogen and oxygen atoms in total. The largest absolute Gasteiger partial charge is 0.392 e. The van der Waals surface area contributed by atoms with Crippen molar-refractivity contribution in [2.24, 2.45) is 0 Å². The first kappa shape index (κ1) is 25.0. The lowest BCUT2D eigenvalue weighted by atomic mass is 10.1. The highest BCUT2D eigenvalue weighted by atomic mass is 35.5. The Morgan fingerprint density at radius 1 is 1.26 bits per heavy atom. The van der Waals surface area contributed by atoms with Crippen molar-refractivity contribution < 1.29 is 5.11 Å². The second kappa shape index (κ2) is 12.0. The predicted molar refractivity (Wildman–Crippen MR) is 145 cm³/mol. The molecule has 0 aliphatic carbocycles. The molecule has 0 radical (unpaired) electrons. The quantitative estimate of drug-likeness (QED) is 0.226. The van der Waals surface area contributed by atoms with Crippen LogP contribution in [0.3, 0.4) is 0 Å². The third-order valence-electron chi connectivity index (χ3n) is 5.19. The Morgan fingerprint density at radius 2 is 2.09 bits per heavy atom. The minimum absolute atomic E-state index is 0.375. The number of hydrogen-bond acceptors (Lipinski definition) is 10. The van der Waals surface area contributed by atoms with Gasteiger partial charge in [0.05, 0.1) is 33.1 Å². The van der Waals surface area contributed by atoms with Gasteiger partial charge in [-0.3, -0.25) is 0 Å². The van der Waals surface area contributed by atoms with E-state index >= 15 is 0 Å². The Bertz CT molecular complexity index is 1090. The van der Waals surface area contributed by atoms with Gasteiger partial charge in [0.15, 0.2) is 5.13 Å². The molecule has 0 spiro atoms. The van der Waals surface area contributed by atoms with Gasteiger partial charge in [0, 0.05) is 50.2 Å². The summed E-state index contributed by atoms with van der Waals surface area (Å²) in [5.41, 5.74) is 3.33. The molecule has 3 heterocycles. The number of nitrogens with one attached hydrogen (secondary N) is 3. The first-order valence-corrected chi connectivity index (χ1v) is 13.6. The van der Waals surface area contributed by atoms with Crippen molar-refractivity contribution in [3.8, 4) is 21.8 Å². The fourth-order valence-corrected chi connectivity index (χ4v) is 5.54. The Hall–Kier alpha value is -2.11. The maximum atomic E-state index is 9.62. The Morgan fingerprint density at radius 3 is 2.85 bits per heavy atom. The molecular formula is C23H30ClN7OS2. The lowest BCUT2D eigenvalue weighted by Crippen LogP contribution is -2.43. The van der Waals surface area contributed by atoms with Gasteiger partial charge < -0.3 is 25.4 Å². The number of rotatable bonds is 10. The van der Waals surface area contributed by atoms with Gasteiger partial charge in [-0.25, -0.2) is 15.0 Å². The van der Waals surface area contributed by atoms with Gasteiger partial charge in [-0.1, -0.05) is 53.9 Å². The van der Waals surface area contributed by atoms with Crippen molar-refractivity contribution >= 4 is 51.7 Å². The average molecular weight is 520 g/mol. The van der Waals surface area contributed by atoms with Gasteiger partial charge in [-0.2, -0.15) is 0 Å². The van der Waals surface area contributed by atoms with E-state index in [0.29, 0.717) is 17.5 Å². The van der Waals surface area contributed by atoms with Crippen LogP contribution in [0.5, 0.6) is 0 Å². The molecule has 4 rings (SSSR count). The minimum Gasteiger partial charge on any atom is -0.392 e. The van der Waals surface area contributed by atoms with Crippen LogP contribution < -0.4 is 20.3 Å². The minimum atomic E-state index is -0.495. The van der Waals surface area contributed by atoms with Crippen molar-refractivity contribution in [1.29, 1.82) is 0 Å². The standard InChI is InChI=1S/C23H30ClN7OS2/c1-3-13-33-30-17-6-4-5-16(19(17)24)20-21(34-23(29-20)31-11-9-25-10-12-31)18-7-8-26-22(28-18)27-14-15(2)32/h4-8,15,25,30,32H,3,9-14H2,1-2H3,(H,26,27,28).